The highest BCUT2D eigenvalue weighted by Crippen LogP contribution is 2.44. The number of nitrogens with zero attached hydrogens (tertiary/aromatic N) is 3. The lowest BCUT2D eigenvalue weighted by atomic mass is 9.72. The van der Waals surface area contributed by atoms with E-state index >= 15 is 0 Å². The van der Waals surface area contributed by atoms with E-state index in [1.165, 1.54) is 12.1 Å². The largest absolute Gasteiger partial charge is 0.586 e. The van der Waals surface area contributed by atoms with Crippen LogP contribution in [-0.4, -0.2) is 53.3 Å². The summed E-state index contributed by atoms with van der Waals surface area (Å²) in [6, 6.07) is 15.7. The van der Waals surface area contributed by atoms with Crippen molar-refractivity contribution in [3.05, 3.63) is 72.6 Å². The van der Waals surface area contributed by atoms with Gasteiger partial charge in [0.05, 0.1) is 11.9 Å². The van der Waals surface area contributed by atoms with Crippen molar-refractivity contribution in [1.29, 1.82) is 0 Å². The van der Waals surface area contributed by atoms with Crippen molar-refractivity contribution in [2.75, 3.05) is 31.5 Å². The maximum Gasteiger partial charge on any atom is 0.586 e. The van der Waals surface area contributed by atoms with E-state index in [1.807, 2.05) is 35.2 Å². The fourth-order valence-electron chi connectivity index (χ4n) is 5.14. The molecule has 0 bridgehead atoms. The zero-order chi connectivity index (χ0) is 25.5. The molecular formula is C27H26F2N4O4. The van der Waals surface area contributed by atoms with Gasteiger partial charge >= 0.3 is 12.3 Å². The number of ether oxygens (including phenoxy) is 3. The second kappa shape index (κ2) is 9.19. The van der Waals surface area contributed by atoms with Gasteiger partial charge in [-0.15, -0.1) is 8.78 Å². The van der Waals surface area contributed by atoms with Gasteiger partial charge in [-0.3, -0.25) is 9.88 Å². The van der Waals surface area contributed by atoms with Crippen molar-refractivity contribution < 1.29 is 27.8 Å². The Labute approximate surface area is 212 Å². The van der Waals surface area contributed by atoms with Gasteiger partial charge in [0, 0.05) is 37.3 Å². The molecule has 1 N–H and O–H groups in total. The standard InChI is InChI=1S/C27H26F2N4O4/c28-27(29)36-23-7-6-22(14-24(23)37-27)35-21-5-1-3-19(13-21)16-32-11-8-26(9-12-32)17-33(18-26)25(34)31-20-4-2-10-30-15-20/h1-7,10,13-15H,8-9,11-12,16-18H2,(H,31,34). The predicted octanol–water partition coefficient (Wildman–Crippen LogP) is 5.33. The number of halogens is 2. The number of piperidine rings is 1. The highest BCUT2D eigenvalue weighted by Gasteiger charge is 2.46. The lowest BCUT2D eigenvalue weighted by Gasteiger charge is -2.53. The summed E-state index contributed by atoms with van der Waals surface area (Å²) in [4.78, 5) is 20.8. The van der Waals surface area contributed by atoms with Gasteiger partial charge in [0.15, 0.2) is 11.5 Å². The molecule has 0 radical (unpaired) electrons. The minimum absolute atomic E-state index is 0.0160. The SMILES string of the molecule is O=C(Nc1cccnc1)N1CC2(CCN(Cc3cccc(Oc4ccc5c(c4)OC(F)(F)O5)c3)CC2)C1. The number of pyridine rings is 1. The number of benzene rings is 2. The first kappa shape index (κ1) is 23.5. The van der Waals surface area contributed by atoms with Crippen LogP contribution in [0.2, 0.25) is 0 Å². The Bertz CT molecular complexity index is 1290. The highest BCUT2D eigenvalue weighted by molar-refractivity contribution is 5.89. The Morgan fingerprint density at radius 3 is 2.57 bits per heavy atom. The molecule has 1 spiro atoms. The molecule has 0 saturated carbocycles. The summed E-state index contributed by atoms with van der Waals surface area (Å²) in [6.07, 6.45) is 1.75. The van der Waals surface area contributed by atoms with Crippen molar-refractivity contribution in [3.8, 4) is 23.0 Å². The fourth-order valence-corrected chi connectivity index (χ4v) is 5.14. The summed E-state index contributed by atoms with van der Waals surface area (Å²) in [5.41, 5.74) is 2.01. The van der Waals surface area contributed by atoms with Crippen LogP contribution < -0.4 is 19.5 Å². The zero-order valence-electron chi connectivity index (χ0n) is 20.0. The molecule has 0 aliphatic carbocycles. The maximum atomic E-state index is 13.3. The molecule has 2 amide bonds. The predicted molar refractivity (Wildman–Crippen MR) is 131 cm³/mol. The van der Waals surface area contributed by atoms with Crippen LogP contribution in [0, 0.1) is 5.41 Å². The molecule has 4 heterocycles. The fraction of sp³-hybridized carbons (Fsp3) is 0.333. The van der Waals surface area contributed by atoms with Crippen molar-refractivity contribution in [3.63, 3.8) is 0 Å². The van der Waals surface area contributed by atoms with Crippen LogP contribution in [0.5, 0.6) is 23.0 Å². The van der Waals surface area contributed by atoms with Crippen molar-refractivity contribution >= 4 is 11.7 Å². The first-order chi connectivity index (χ1) is 17.8. The normalized spacial score (nSPS) is 19.4. The molecule has 10 heteroatoms. The van der Waals surface area contributed by atoms with E-state index in [9.17, 15) is 13.6 Å². The van der Waals surface area contributed by atoms with Crippen molar-refractivity contribution in [1.82, 2.24) is 14.8 Å². The molecular weight excluding hydrogens is 482 g/mol. The van der Waals surface area contributed by atoms with E-state index in [4.69, 9.17) is 4.74 Å². The number of nitrogens with one attached hydrogen (secondary N) is 1. The second-order valence-electron chi connectivity index (χ2n) is 9.83. The van der Waals surface area contributed by atoms with Gasteiger partial charge < -0.3 is 24.4 Å². The number of carbonyl (C=O) groups excluding carboxylic acids is 1. The molecule has 0 unspecified atom stereocenters. The third-order valence-electron chi connectivity index (χ3n) is 7.08. The number of anilines is 1. The van der Waals surface area contributed by atoms with Gasteiger partial charge in [0.25, 0.3) is 0 Å². The number of rotatable bonds is 5. The number of urea groups is 1. The molecule has 2 fully saturated rings. The van der Waals surface area contributed by atoms with Gasteiger partial charge in [-0.2, -0.15) is 0 Å². The molecule has 2 saturated heterocycles. The smallest absolute Gasteiger partial charge is 0.457 e. The number of hydrogen-bond donors (Lipinski definition) is 1. The van der Waals surface area contributed by atoms with Crippen LogP contribution in [0.4, 0.5) is 19.3 Å². The Balaban J connectivity index is 0.995. The van der Waals surface area contributed by atoms with Crippen molar-refractivity contribution in [2.24, 2.45) is 5.41 Å². The summed E-state index contributed by atoms with van der Waals surface area (Å²) in [5, 5.41) is 2.90. The summed E-state index contributed by atoms with van der Waals surface area (Å²) < 4.78 is 41.4. The zero-order valence-corrected chi connectivity index (χ0v) is 20.0. The summed E-state index contributed by atoms with van der Waals surface area (Å²) in [6.45, 7) is 4.25. The molecule has 0 atom stereocenters. The van der Waals surface area contributed by atoms with Gasteiger partial charge in [0.2, 0.25) is 0 Å². The Kier molecular flexibility index (Phi) is 5.83. The highest BCUT2D eigenvalue weighted by atomic mass is 19.3. The van der Waals surface area contributed by atoms with E-state index in [1.54, 1.807) is 24.5 Å². The minimum atomic E-state index is -3.65. The molecule has 3 aliphatic heterocycles. The summed E-state index contributed by atoms with van der Waals surface area (Å²) in [7, 11) is 0. The molecule has 3 aliphatic rings. The maximum absolute atomic E-state index is 13.3. The lowest BCUT2D eigenvalue weighted by molar-refractivity contribution is -0.286. The Morgan fingerprint density at radius 1 is 1.00 bits per heavy atom. The van der Waals surface area contributed by atoms with Gasteiger partial charge in [-0.25, -0.2) is 4.79 Å². The van der Waals surface area contributed by atoms with Crippen LogP contribution in [0.3, 0.4) is 0 Å². The van der Waals surface area contributed by atoms with E-state index < -0.39 is 6.29 Å². The third kappa shape index (κ3) is 5.15. The van der Waals surface area contributed by atoms with E-state index in [0.29, 0.717) is 17.2 Å². The number of carbonyl (C=O) groups is 1. The first-order valence-corrected chi connectivity index (χ1v) is 12.2. The molecule has 37 heavy (non-hydrogen) atoms. The van der Waals surface area contributed by atoms with Crippen molar-refractivity contribution in [2.45, 2.75) is 25.7 Å². The minimum Gasteiger partial charge on any atom is -0.457 e. The Hall–Kier alpha value is -3.92. The number of amides is 2. The average Bonchev–Trinajstić information content (AvgIpc) is 3.17. The van der Waals surface area contributed by atoms with Crippen LogP contribution in [-0.2, 0) is 6.54 Å². The third-order valence-corrected chi connectivity index (χ3v) is 7.08. The monoisotopic (exact) mass is 508 g/mol. The molecule has 2 aromatic carbocycles. The van der Waals surface area contributed by atoms with E-state index in [2.05, 4.69) is 24.7 Å². The van der Waals surface area contributed by atoms with Crippen LogP contribution >= 0.6 is 0 Å². The Morgan fingerprint density at radius 2 is 1.78 bits per heavy atom. The van der Waals surface area contributed by atoms with Crippen LogP contribution in [0.15, 0.2) is 67.0 Å². The molecule has 1 aromatic heterocycles. The second-order valence-corrected chi connectivity index (χ2v) is 9.83. The number of likely N-dealkylation sites (tertiary alicyclic amines) is 2. The summed E-state index contributed by atoms with van der Waals surface area (Å²) in [5.74, 6) is 0.938. The first-order valence-electron chi connectivity index (χ1n) is 12.2. The van der Waals surface area contributed by atoms with Gasteiger partial charge in [-0.1, -0.05) is 12.1 Å². The van der Waals surface area contributed by atoms with Gasteiger partial charge in [0.1, 0.15) is 11.5 Å². The number of fused-ring (bicyclic) bond motifs is 1. The molecule has 3 aromatic rings. The summed E-state index contributed by atoms with van der Waals surface area (Å²) >= 11 is 0. The number of alkyl halides is 2. The lowest BCUT2D eigenvalue weighted by Crippen LogP contribution is -2.62. The molecule has 192 valence electrons. The van der Waals surface area contributed by atoms with Crippen LogP contribution in [0.25, 0.3) is 0 Å². The van der Waals surface area contributed by atoms with Gasteiger partial charge in [-0.05, 0) is 67.9 Å². The average molecular weight is 509 g/mol. The topological polar surface area (TPSA) is 76.2 Å². The number of hydrogen-bond acceptors (Lipinski definition) is 6. The van der Waals surface area contributed by atoms with Crippen LogP contribution in [0.1, 0.15) is 18.4 Å². The van der Waals surface area contributed by atoms with E-state index in [-0.39, 0.29) is 22.9 Å². The quantitative estimate of drug-likeness (QED) is 0.503. The molecule has 6 rings (SSSR count). The molecule has 8 nitrogen and oxygen atoms in total. The van der Waals surface area contributed by atoms with E-state index in [0.717, 1.165) is 51.1 Å². The number of aromatic nitrogens is 1.